The summed E-state index contributed by atoms with van der Waals surface area (Å²) in [5.74, 6) is 1.90. The second kappa shape index (κ2) is 10.2. The minimum absolute atomic E-state index is 0.624. The van der Waals surface area contributed by atoms with Crippen LogP contribution >= 0.6 is 0 Å². The first kappa shape index (κ1) is 19.5. The molecule has 2 rings (SSSR count). The Morgan fingerprint density at radius 1 is 1.28 bits per heavy atom. The van der Waals surface area contributed by atoms with Crippen molar-refractivity contribution in [1.29, 1.82) is 0 Å². The molecule has 1 aromatic rings. The Bertz CT molecular complexity index is 523. The van der Waals surface area contributed by atoms with Crippen molar-refractivity contribution in [2.75, 3.05) is 44.7 Å². The van der Waals surface area contributed by atoms with E-state index in [2.05, 4.69) is 63.3 Å². The fraction of sp³-hybridized carbons (Fsp3) is 0.684. The fourth-order valence-corrected chi connectivity index (χ4v) is 3.42. The van der Waals surface area contributed by atoms with E-state index >= 15 is 0 Å². The van der Waals surface area contributed by atoms with Crippen LogP contribution in [0.3, 0.4) is 0 Å². The van der Waals surface area contributed by atoms with Gasteiger partial charge in [-0.2, -0.15) is 0 Å². The molecule has 2 N–H and O–H groups in total. The van der Waals surface area contributed by atoms with E-state index < -0.39 is 0 Å². The van der Waals surface area contributed by atoms with Crippen molar-refractivity contribution in [2.24, 2.45) is 4.99 Å². The van der Waals surface area contributed by atoms with Crippen molar-refractivity contribution in [3.05, 3.63) is 23.9 Å². The molecule has 0 spiro atoms. The second-order valence-corrected chi connectivity index (χ2v) is 6.43. The molecule has 1 aromatic heterocycles. The number of likely N-dealkylation sites (N-methyl/N-ethyl adjacent to an activating group) is 1. The molecule has 0 aliphatic carbocycles. The van der Waals surface area contributed by atoms with Gasteiger partial charge < -0.3 is 15.5 Å². The van der Waals surface area contributed by atoms with E-state index in [-0.39, 0.29) is 0 Å². The van der Waals surface area contributed by atoms with Gasteiger partial charge in [-0.3, -0.25) is 9.89 Å². The molecule has 0 amide bonds. The Balaban J connectivity index is 1.80. The minimum atomic E-state index is 0.624. The van der Waals surface area contributed by atoms with E-state index in [0.29, 0.717) is 6.04 Å². The average molecular weight is 347 g/mol. The lowest BCUT2D eigenvalue weighted by atomic mass is 10.2. The first-order chi connectivity index (χ1) is 12.2. The molecule has 1 aliphatic heterocycles. The molecule has 140 valence electrons. The first-order valence-corrected chi connectivity index (χ1v) is 9.60. The average Bonchev–Trinajstić information content (AvgIpc) is 3.11. The van der Waals surface area contributed by atoms with Crippen LogP contribution in [0, 0.1) is 0 Å². The summed E-state index contributed by atoms with van der Waals surface area (Å²) in [6, 6.07) is 4.85. The van der Waals surface area contributed by atoms with Gasteiger partial charge in [0.15, 0.2) is 5.96 Å². The van der Waals surface area contributed by atoms with Gasteiger partial charge in [0.05, 0.1) is 0 Å². The maximum absolute atomic E-state index is 4.57. The molecule has 0 saturated carbocycles. The Hall–Kier alpha value is -1.82. The third-order valence-electron chi connectivity index (χ3n) is 4.99. The van der Waals surface area contributed by atoms with Gasteiger partial charge in [0.2, 0.25) is 0 Å². The van der Waals surface area contributed by atoms with Gasteiger partial charge in [0, 0.05) is 45.5 Å². The predicted octanol–water partition coefficient (Wildman–Crippen LogP) is 2.08. The lowest BCUT2D eigenvalue weighted by molar-refractivity contribution is 0.267. The molecule has 0 aromatic carbocycles. The van der Waals surface area contributed by atoms with E-state index in [9.17, 15) is 0 Å². The largest absolute Gasteiger partial charge is 0.357 e. The predicted molar refractivity (Wildman–Crippen MR) is 106 cm³/mol. The molecule has 1 unspecified atom stereocenters. The number of guanidine groups is 1. The molecular formula is C19H34N6. The van der Waals surface area contributed by atoms with Crippen LogP contribution in [0.4, 0.5) is 5.82 Å². The molecule has 1 fully saturated rings. The number of aromatic nitrogens is 1. The highest BCUT2D eigenvalue weighted by Crippen LogP contribution is 2.15. The summed E-state index contributed by atoms with van der Waals surface area (Å²) < 4.78 is 0. The van der Waals surface area contributed by atoms with Gasteiger partial charge in [-0.05, 0) is 51.4 Å². The zero-order valence-corrected chi connectivity index (χ0v) is 16.3. The molecule has 2 heterocycles. The topological polar surface area (TPSA) is 55.8 Å². The number of likely N-dealkylation sites (tertiary alicyclic amines) is 1. The third kappa shape index (κ3) is 5.59. The van der Waals surface area contributed by atoms with Crippen LogP contribution in [0.1, 0.15) is 39.2 Å². The van der Waals surface area contributed by atoms with E-state index in [1.54, 1.807) is 0 Å². The molecule has 1 saturated heterocycles. The van der Waals surface area contributed by atoms with Crippen molar-refractivity contribution in [3.63, 3.8) is 0 Å². The Morgan fingerprint density at radius 3 is 2.68 bits per heavy atom. The monoisotopic (exact) mass is 346 g/mol. The summed E-state index contributed by atoms with van der Waals surface area (Å²) in [7, 11) is 1.82. The number of hydrogen-bond donors (Lipinski definition) is 2. The number of nitrogens with zero attached hydrogens (tertiary/aromatic N) is 4. The van der Waals surface area contributed by atoms with Crippen LogP contribution in [-0.4, -0.2) is 61.7 Å². The summed E-state index contributed by atoms with van der Waals surface area (Å²) >= 11 is 0. The van der Waals surface area contributed by atoms with Crippen molar-refractivity contribution < 1.29 is 0 Å². The van der Waals surface area contributed by atoms with Crippen LogP contribution in [-0.2, 0) is 6.54 Å². The highest BCUT2D eigenvalue weighted by Gasteiger charge is 2.22. The highest BCUT2D eigenvalue weighted by molar-refractivity contribution is 5.79. The van der Waals surface area contributed by atoms with Gasteiger partial charge in [0.1, 0.15) is 5.82 Å². The second-order valence-electron chi connectivity index (χ2n) is 6.43. The number of hydrogen-bond acceptors (Lipinski definition) is 4. The van der Waals surface area contributed by atoms with Crippen molar-refractivity contribution in [1.82, 2.24) is 20.5 Å². The number of aliphatic imine (C=N–C) groups is 1. The van der Waals surface area contributed by atoms with Crippen LogP contribution < -0.4 is 15.5 Å². The molecule has 0 bridgehead atoms. The number of pyridine rings is 1. The number of nitrogens with one attached hydrogen (secondary N) is 2. The summed E-state index contributed by atoms with van der Waals surface area (Å²) in [5, 5.41) is 6.85. The summed E-state index contributed by atoms with van der Waals surface area (Å²) in [6.07, 6.45) is 4.52. The Labute approximate surface area is 152 Å². The number of anilines is 1. The van der Waals surface area contributed by atoms with Crippen LogP contribution in [0.25, 0.3) is 0 Å². The van der Waals surface area contributed by atoms with E-state index in [1.165, 1.54) is 19.4 Å². The maximum atomic E-state index is 4.57. The van der Waals surface area contributed by atoms with Gasteiger partial charge >= 0.3 is 0 Å². The summed E-state index contributed by atoms with van der Waals surface area (Å²) in [4.78, 5) is 13.7. The van der Waals surface area contributed by atoms with E-state index in [1.807, 2.05) is 13.2 Å². The fourth-order valence-electron chi connectivity index (χ4n) is 3.42. The first-order valence-electron chi connectivity index (χ1n) is 9.60. The highest BCUT2D eigenvalue weighted by atomic mass is 15.2. The smallest absolute Gasteiger partial charge is 0.191 e. The van der Waals surface area contributed by atoms with Crippen molar-refractivity contribution >= 4 is 11.8 Å². The Kier molecular flexibility index (Phi) is 7.98. The quantitative estimate of drug-likeness (QED) is 0.557. The Morgan fingerprint density at radius 2 is 2.08 bits per heavy atom. The maximum Gasteiger partial charge on any atom is 0.191 e. The summed E-state index contributed by atoms with van der Waals surface area (Å²) in [5.41, 5.74) is 1.16. The van der Waals surface area contributed by atoms with Crippen molar-refractivity contribution in [3.8, 4) is 0 Å². The molecule has 6 nitrogen and oxygen atoms in total. The van der Waals surface area contributed by atoms with Gasteiger partial charge in [-0.1, -0.05) is 13.0 Å². The van der Waals surface area contributed by atoms with E-state index in [4.69, 9.17) is 0 Å². The zero-order chi connectivity index (χ0) is 18.1. The molecular weight excluding hydrogens is 312 g/mol. The molecule has 1 aliphatic rings. The van der Waals surface area contributed by atoms with Gasteiger partial charge in [0.25, 0.3) is 0 Å². The van der Waals surface area contributed by atoms with E-state index in [0.717, 1.165) is 50.1 Å². The lowest BCUT2D eigenvalue weighted by Crippen LogP contribution is -2.44. The molecule has 1 atom stereocenters. The number of rotatable bonds is 8. The van der Waals surface area contributed by atoms with Crippen LogP contribution in [0.5, 0.6) is 0 Å². The third-order valence-corrected chi connectivity index (χ3v) is 4.99. The zero-order valence-electron chi connectivity index (χ0n) is 16.3. The minimum Gasteiger partial charge on any atom is -0.357 e. The molecule has 6 heteroatoms. The van der Waals surface area contributed by atoms with Gasteiger partial charge in [-0.25, -0.2) is 4.98 Å². The summed E-state index contributed by atoms with van der Waals surface area (Å²) in [6.45, 7) is 12.5. The molecule has 0 radical (unpaired) electrons. The SMILES string of the molecule is CCN(CC)c1ccc(CNC(=NC)NCC2CCCN2CC)cn1. The van der Waals surface area contributed by atoms with Crippen LogP contribution in [0.2, 0.25) is 0 Å². The molecule has 25 heavy (non-hydrogen) atoms. The normalized spacial score (nSPS) is 18.4. The van der Waals surface area contributed by atoms with Crippen molar-refractivity contribution in [2.45, 2.75) is 46.2 Å². The standard InChI is InChI=1S/C19H34N6/c1-5-24(6-2)18-11-10-16(13-21-18)14-22-19(20-4)23-15-17-9-8-12-25(17)7-3/h10-11,13,17H,5-9,12,14-15H2,1-4H3,(H2,20,22,23). The lowest BCUT2D eigenvalue weighted by Gasteiger charge is -2.24. The van der Waals surface area contributed by atoms with Gasteiger partial charge in [-0.15, -0.1) is 0 Å². The van der Waals surface area contributed by atoms with Crippen LogP contribution in [0.15, 0.2) is 23.3 Å².